The van der Waals surface area contributed by atoms with Crippen molar-refractivity contribution in [3.05, 3.63) is 46.7 Å². The molecule has 0 saturated heterocycles. The Hall–Kier alpha value is -1.56. The van der Waals surface area contributed by atoms with E-state index in [0.717, 1.165) is 17.9 Å². The van der Waals surface area contributed by atoms with E-state index in [1.54, 1.807) is 11.3 Å². The minimum atomic E-state index is -0.478. The zero-order chi connectivity index (χ0) is 16.7. The molecule has 126 valence electrons. The fraction of sp³-hybridized carbons (Fsp3) is 0.444. The fourth-order valence-corrected chi connectivity index (χ4v) is 3.09. The zero-order valence-electron chi connectivity index (χ0n) is 14.0. The molecule has 1 aromatic heterocycles. The van der Waals surface area contributed by atoms with E-state index in [2.05, 4.69) is 29.1 Å². The van der Waals surface area contributed by atoms with Gasteiger partial charge in [-0.15, -0.1) is 0 Å². The van der Waals surface area contributed by atoms with Crippen molar-refractivity contribution in [1.82, 2.24) is 4.90 Å². The second kappa shape index (κ2) is 8.91. The number of ether oxygens (including phenoxy) is 1. The fourth-order valence-electron chi connectivity index (χ4n) is 2.41. The van der Waals surface area contributed by atoms with Crippen LogP contribution in [0.1, 0.15) is 12.5 Å². The summed E-state index contributed by atoms with van der Waals surface area (Å²) in [5.41, 5.74) is 2.44. The second-order valence-electron chi connectivity index (χ2n) is 6.13. The van der Waals surface area contributed by atoms with E-state index >= 15 is 0 Å². The van der Waals surface area contributed by atoms with Crippen molar-refractivity contribution in [3.63, 3.8) is 0 Å². The van der Waals surface area contributed by atoms with E-state index in [1.807, 2.05) is 43.3 Å². The summed E-state index contributed by atoms with van der Waals surface area (Å²) in [5, 5.41) is 17.6. The molecule has 5 heteroatoms. The van der Waals surface area contributed by atoms with Gasteiger partial charge in [0.25, 0.3) is 0 Å². The topological polar surface area (TPSA) is 44.7 Å². The molecular weight excluding hydrogens is 308 g/mol. The minimum absolute atomic E-state index is 0.305. The van der Waals surface area contributed by atoms with Crippen molar-refractivity contribution in [1.29, 1.82) is 0 Å². The molecule has 0 aliphatic heterocycles. The van der Waals surface area contributed by atoms with Crippen LogP contribution in [0, 0.1) is 0 Å². The number of hydrogen-bond donors (Lipinski definition) is 2. The lowest BCUT2D eigenvalue weighted by Crippen LogP contribution is -2.30. The molecule has 0 spiro atoms. The molecule has 0 saturated carbocycles. The lowest BCUT2D eigenvalue weighted by Gasteiger charge is -2.17. The van der Waals surface area contributed by atoms with E-state index < -0.39 is 6.10 Å². The van der Waals surface area contributed by atoms with Gasteiger partial charge in [0, 0.05) is 18.3 Å². The molecule has 0 radical (unpaired) electrons. The number of hydrogen-bond acceptors (Lipinski definition) is 5. The average Bonchev–Trinajstić information content (AvgIpc) is 2.98. The van der Waals surface area contributed by atoms with Crippen LogP contribution < -0.4 is 10.1 Å². The summed E-state index contributed by atoms with van der Waals surface area (Å²) < 4.78 is 5.61. The van der Waals surface area contributed by atoms with E-state index in [0.29, 0.717) is 19.2 Å². The Morgan fingerprint density at radius 1 is 1.22 bits per heavy atom. The van der Waals surface area contributed by atoms with Gasteiger partial charge in [-0.05, 0) is 74.1 Å². The Morgan fingerprint density at radius 2 is 1.96 bits per heavy atom. The molecular formula is C18H26N2O2S. The predicted molar refractivity (Wildman–Crippen MR) is 97.6 cm³/mol. The number of benzene rings is 1. The van der Waals surface area contributed by atoms with Gasteiger partial charge in [-0.1, -0.05) is 0 Å². The number of likely N-dealkylation sites (N-methyl/N-ethyl adjacent to an activating group) is 1. The van der Waals surface area contributed by atoms with Gasteiger partial charge < -0.3 is 20.1 Å². The zero-order valence-corrected chi connectivity index (χ0v) is 14.8. The van der Waals surface area contributed by atoms with Gasteiger partial charge in [0.05, 0.1) is 0 Å². The van der Waals surface area contributed by atoms with Crippen LogP contribution in [-0.2, 0) is 6.42 Å². The third-order valence-electron chi connectivity index (χ3n) is 3.41. The van der Waals surface area contributed by atoms with Crippen LogP contribution >= 0.6 is 11.3 Å². The van der Waals surface area contributed by atoms with Gasteiger partial charge in [-0.2, -0.15) is 11.3 Å². The smallest absolute Gasteiger partial charge is 0.119 e. The van der Waals surface area contributed by atoms with Gasteiger partial charge in [-0.25, -0.2) is 0 Å². The molecule has 1 aromatic carbocycles. The standard InChI is InChI=1S/C18H26N2O2S/c1-14(10-15-8-9-23-13-15)19-16-4-6-18(7-5-16)22-12-17(21)11-20(2)3/h4-9,13-14,17,19,21H,10-12H2,1-3H3. The van der Waals surface area contributed by atoms with Gasteiger partial charge in [-0.3, -0.25) is 0 Å². The molecule has 23 heavy (non-hydrogen) atoms. The molecule has 0 aliphatic rings. The number of aliphatic hydroxyl groups excluding tert-OH is 1. The molecule has 2 N–H and O–H groups in total. The highest BCUT2D eigenvalue weighted by Gasteiger charge is 2.07. The van der Waals surface area contributed by atoms with Crippen LogP contribution in [0.3, 0.4) is 0 Å². The molecule has 2 rings (SSSR count). The number of thiophene rings is 1. The Bertz CT molecular complexity index is 555. The first kappa shape index (κ1) is 17.8. The molecule has 0 aliphatic carbocycles. The molecule has 4 nitrogen and oxygen atoms in total. The summed E-state index contributed by atoms with van der Waals surface area (Å²) >= 11 is 1.73. The molecule has 1 heterocycles. The van der Waals surface area contributed by atoms with Crippen LogP contribution in [0.15, 0.2) is 41.1 Å². The highest BCUT2D eigenvalue weighted by atomic mass is 32.1. The normalized spacial score (nSPS) is 13.8. The Morgan fingerprint density at radius 3 is 2.57 bits per heavy atom. The minimum Gasteiger partial charge on any atom is -0.491 e. The lowest BCUT2D eigenvalue weighted by molar-refractivity contribution is 0.0831. The van der Waals surface area contributed by atoms with E-state index in [4.69, 9.17) is 4.74 Å². The van der Waals surface area contributed by atoms with E-state index in [9.17, 15) is 5.11 Å². The van der Waals surface area contributed by atoms with Crippen LogP contribution in [0.5, 0.6) is 5.75 Å². The van der Waals surface area contributed by atoms with Crippen molar-refractivity contribution in [2.24, 2.45) is 0 Å². The second-order valence-corrected chi connectivity index (χ2v) is 6.91. The highest BCUT2D eigenvalue weighted by Crippen LogP contribution is 2.18. The first-order valence-corrected chi connectivity index (χ1v) is 8.80. The number of aliphatic hydroxyl groups is 1. The first-order valence-electron chi connectivity index (χ1n) is 7.86. The van der Waals surface area contributed by atoms with Crippen LogP contribution in [-0.4, -0.2) is 49.4 Å². The van der Waals surface area contributed by atoms with Crippen molar-refractivity contribution in [2.45, 2.75) is 25.5 Å². The van der Waals surface area contributed by atoms with E-state index in [1.165, 1.54) is 5.56 Å². The lowest BCUT2D eigenvalue weighted by atomic mass is 10.1. The van der Waals surface area contributed by atoms with Crippen LogP contribution in [0.4, 0.5) is 5.69 Å². The molecule has 0 bridgehead atoms. The van der Waals surface area contributed by atoms with Crippen molar-refractivity contribution >= 4 is 17.0 Å². The molecule has 2 unspecified atom stereocenters. The highest BCUT2D eigenvalue weighted by molar-refractivity contribution is 7.07. The third kappa shape index (κ3) is 6.60. The van der Waals surface area contributed by atoms with Gasteiger partial charge in [0.2, 0.25) is 0 Å². The van der Waals surface area contributed by atoms with E-state index in [-0.39, 0.29) is 0 Å². The number of nitrogens with zero attached hydrogens (tertiary/aromatic N) is 1. The Balaban J connectivity index is 1.77. The SMILES string of the molecule is CC(Cc1ccsc1)Nc1ccc(OCC(O)CN(C)C)cc1. The summed E-state index contributed by atoms with van der Waals surface area (Å²) in [4.78, 5) is 1.94. The van der Waals surface area contributed by atoms with Crippen molar-refractivity contribution in [3.8, 4) is 5.75 Å². The van der Waals surface area contributed by atoms with Crippen LogP contribution in [0.25, 0.3) is 0 Å². The van der Waals surface area contributed by atoms with Crippen molar-refractivity contribution < 1.29 is 9.84 Å². The molecule has 0 amide bonds. The molecule has 2 atom stereocenters. The maximum absolute atomic E-state index is 9.80. The monoisotopic (exact) mass is 334 g/mol. The van der Waals surface area contributed by atoms with Crippen LogP contribution in [0.2, 0.25) is 0 Å². The number of nitrogens with one attached hydrogen (secondary N) is 1. The van der Waals surface area contributed by atoms with Gasteiger partial charge >= 0.3 is 0 Å². The summed E-state index contributed by atoms with van der Waals surface area (Å²) in [6.45, 7) is 3.08. The predicted octanol–water partition coefficient (Wildman–Crippen LogP) is 3.09. The average molecular weight is 334 g/mol. The first-order chi connectivity index (χ1) is 11.0. The summed E-state index contributed by atoms with van der Waals surface area (Å²) in [7, 11) is 3.86. The quantitative estimate of drug-likeness (QED) is 0.740. The number of rotatable bonds is 9. The largest absolute Gasteiger partial charge is 0.491 e. The van der Waals surface area contributed by atoms with Gasteiger partial charge in [0.1, 0.15) is 18.5 Å². The summed E-state index contributed by atoms with van der Waals surface area (Å²) in [6, 6.07) is 10.4. The van der Waals surface area contributed by atoms with Gasteiger partial charge in [0.15, 0.2) is 0 Å². The molecule has 2 aromatic rings. The maximum atomic E-state index is 9.80. The Labute approximate surface area is 142 Å². The Kier molecular flexibility index (Phi) is 6.89. The molecule has 0 fully saturated rings. The summed E-state index contributed by atoms with van der Waals surface area (Å²) in [6.07, 6.45) is 0.534. The number of anilines is 1. The summed E-state index contributed by atoms with van der Waals surface area (Å²) in [5.74, 6) is 0.777. The maximum Gasteiger partial charge on any atom is 0.119 e. The third-order valence-corrected chi connectivity index (χ3v) is 4.14. The van der Waals surface area contributed by atoms with Crippen molar-refractivity contribution in [2.75, 3.05) is 32.6 Å².